The number of Topliss-reactive ketones (excluding diaryl/α,β-unsaturated/α-hetero) is 1. The Morgan fingerprint density at radius 3 is 2.69 bits per heavy atom. The number of anilines is 1. The van der Waals surface area contributed by atoms with Crippen molar-refractivity contribution in [2.24, 2.45) is 4.99 Å². The largest absolute Gasteiger partial charge is 0.495 e. The summed E-state index contributed by atoms with van der Waals surface area (Å²) in [6, 6.07) is 9.64. The average molecular weight is 370 g/mol. The van der Waals surface area contributed by atoms with Gasteiger partial charge in [-0.15, -0.1) is 0 Å². The normalized spacial score (nSPS) is 15.1. The second-order valence-electron chi connectivity index (χ2n) is 6.35. The maximum atomic E-state index is 12.3. The molecule has 0 aliphatic heterocycles. The van der Waals surface area contributed by atoms with Crippen LogP contribution in [0.25, 0.3) is 0 Å². The number of rotatable bonds is 4. The number of fused-ring (bicyclic) bond motifs is 1. The molecule has 26 heavy (non-hydrogen) atoms. The van der Waals surface area contributed by atoms with Gasteiger partial charge >= 0.3 is 0 Å². The topological polar surface area (TPSA) is 63.6 Å². The summed E-state index contributed by atoms with van der Waals surface area (Å²) in [4.78, 5) is 21.3. The highest BCUT2D eigenvalue weighted by atomic mass is 35.5. The fraction of sp³-hybridized carbons (Fsp3) is 0.250. The first kappa shape index (κ1) is 18.1. The fourth-order valence-electron chi connectivity index (χ4n) is 2.72. The molecular formula is C20H20ClN3O2. The molecule has 0 bridgehead atoms. The van der Waals surface area contributed by atoms with E-state index in [2.05, 4.69) is 29.1 Å². The van der Waals surface area contributed by atoms with Gasteiger partial charge in [0.2, 0.25) is 5.78 Å². The Bertz CT molecular complexity index is 933. The molecule has 0 saturated carbocycles. The summed E-state index contributed by atoms with van der Waals surface area (Å²) in [5.74, 6) is 0.420. The Labute approximate surface area is 157 Å². The lowest BCUT2D eigenvalue weighted by molar-refractivity contribution is 0.103. The number of carbonyl (C=O) groups is 1. The number of methoxy groups -OCH3 is 1. The molecule has 5 nitrogen and oxygen atoms in total. The van der Waals surface area contributed by atoms with Gasteiger partial charge < -0.3 is 10.1 Å². The summed E-state index contributed by atoms with van der Waals surface area (Å²) in [5, 5.41) is 3.44. The van der Waals surface area contributed by atoms with E-state index in [1.807, 2.05) is 37.3 Å². The number of nitrogens with one attached hydrogen (secondary N) is 1. The molecule has 1 N–H and O–H groups in total. The van der Waals surface area contributed by atoms with E-state index in [9.17, 15) is 4.79 Å². The van der Waals surface area contributed by atoms with Crippen LogP contribution >= 0.6 is 11.6 Å². The number of halogens is 1. The number of aromatic nitrogens is 1. The predicted molar refractivity (Wildman–Crippen MR) is 105 cm³/mol. The molecule has 1 aliphatic rings. The van der Waals surface area contributed by atoms with Gasteiger partial charge in [-0.05, 0) is 51.1 Å². The van der Waals surface area contributed by atoms with Crippen molar-refractivity contribution in [2.75, 3.05) is 12.4 Å². The van der Waals surface area contributed by atoms with Crippen molar-refractivity contribution >= 4 is 34.5 Å². The van der Waals surface area contributed by atoms with Crippen LogP contribution in [0.3, 0.4) is 0 Å². The summed E-state index contributed by atoms with van der Waals surface area (Å²) in [7, 11) is 1.62. The number of allylic oxidation sites excluding steroid dienone is 2. The highest BCUT2D eigenvalue weighted by Crippen LogP contribution is 2.31. The van der Waals surface area contributed by atoms with Gasteiger partial charge in [-0.3, -0.25) is 4.79 Å². The Morgan fingerprint density at radius 1 is 1.23 bits per heavy atom. The van der Waals surface area contributed by atoms with Crippen molar-refractivity contribution in [1.29, 1.82) is 0 Å². The molecule has 134 valence electrons. The summed E-state index contributed by atoms with van der Waals surface area (Å²) < 4.78 is 5.46. The lowest BCUT2D eigenvalue weighted by Crippen LogP contribution is -2.17. The predicted octanol–water partition coefficient (Wildman–Crippen LogP) is 4.66. The first-order valence-corrected chi connectivity index (χ1v) is 8.70. The zero-order valence-corrected chi connectivity index (χ0v) is 15.9. The summed E-state index contributed by atoms with van der Waals surface area (Å²) in [6.07, 6.45) is 1.58. The molecule has 1 aromatic carbocycles. The van der Waals surface area contributed by atoms with Gasteiger partial charge in [0.25, 0.3) is 0 Å². The smallest absolute Gasteiger partial charge is 0.223 e. The molecule has 1 heterocycles. The summed E-state index contributed by atoms with van der Waals surface area (Å²) in [6.45, 7) is 5.96. The maximum absolute atomic E-state index is 12.3. The van der Waals surface area contributed by atoms with Crippen LogP contribution in [-0.4, -0.2) is 29.6 Å². The van der Waals surface area contributed by atoms with Crippen LogP contribution in [0, 0.1) is 6.92 Å². The van der Waals surface area contributed by atoms with Crippen LogP contribution < -0.4 is 10.1 Å². The first-order chi connectivity index (χ1) is 12.4. The van der Waals surface area contributed by atoms with E-state index in [4.69, 9.17) is 16.3 Å². The van der Waals surface area contributed by atoms with E-state index in [0.29, 0.717) is 28.4 Å². The SMILES string of the molecule is COc1cc(/N=C2\C=C(Cl)C(=O)c3nc(C)ccc32)ccc1NC(C)C. The zero-order chi connectivity index (χ0) is 18.8. The number of nitrogens with zero attached hydrogens (tertiary/aromatic N) is 2. The molecule has 6 heteroatoms. The van der Waals surface area contributed by atoms with E-state index in [1.165, 1.54) is 0 Å². The van der Waals surface area contributed by atoms with E-state index < -0.39 is 0 Å². The van der Waals surface area contributed by atoms with Crippen molar-refractivity contribution in [2.45, 2.75) is 26.8 Å². The van der Waals surface area contributed by atoms with E-state index in [0.717, 1.165) is 11.4 Å². The second kappa shape index (κ2) is 7.30. The molecule has 0 amide bonds. The molecule has 2 aromatic rings. The number of ether oxygens (including phenoxy) is 1. The standard InChI is InChI=1S/C20H20ClN3O2/c1-11(2)22-16-8-6-13(9-18(16)26-4)24-17-10-15(21)20(25)19-14(17)7-5-12(3)23-19/h5-11,22H,1-4H3/b24-17+. The summed E-state index contributed by atoms with van der Waals surface area (Å²) in [5.41, 5.74) is 3.97. The number of carbonyl (C=O) groups excluding carboxylic acids is 1. The molecule has 3 rings (SSSR count). The average Bonchev–Trinajstić information content (AvgIpc) is 2.60. The number of ketones is 1. The lowest BCUT2D eigenvalue weighted by atomic mass is 9.98. The van der Waals surface area contributed by atoms with Gasteiger partial charge in [-0.25, -0.2) is 9.98 Å². The van der Waals surface area contributed by atoms with Gasteiger partial charge in [-0.2, -0.15) is 0 Å². The number of hydrogen-bond acceptors (Lipinski definition) is 5. The van der Waals surface area contributed by atoms with Gasteiger partial charge in [0.05, 0.1) is 29.2 Å². The molecule has 1 aliphatic carbocycles. The number of benzene rings is 1. The molecule has 1 aromatic heterocycles. The van der Waals surface area contributed by atoms with Crippen LogP contribution in [0.1, 0.15) is 35.6 Å². The van der Waals surface area contributed by atoms with Gasteiger partial charge in [0.15, 0.2) is 0 Å². The molecule has 0 saturated heterocycles. The third-order valence-corrected chi connectivity index (χ3v) is 4.17. The number of pyridine rings is 1. The van der Waals surface area contributed by atoms with Crippen LogP contribution in [0.2, 0.25) is 0 Å². The summed E-state index contributed by atoms with van der Waals surface area (Å²) >= 11 is 6.11. The minimum atomic E-state index is -0.279. The van der Waals surface area contributed by atoms with Crippen molar-refractivity contribution < 1.29 is 9.53 Å². The van der Waals surface area contributed by atoms with Crippen LogP contribution in [0.4, 0.5) is 11.4 Å². The lowest BCUT2D eigenvalue weighted by Gasteiger charge is -2.16. The monoisotopic (exact) mass is 369 g/mol. The van der Waals surface area contributed by atoms with Crippen LogP contribution in [0.5, 0.6) is 5.75 Å². The highest BCUT2D eigenvalue weighted by Gasteiger charge is 2.25. The van der Waals surface area contributed by atoms with E-state index >= 15 is 0 Å². The number of aryl methyl sites for hydroxylation is 1. The Kier molecular flexibility index (Phi) is 5.09. The molecule has 0 atom stereocenters. The minimum Gasteiger partial charge on any atom is -0.495 e. The van der Waals surface area contributed by atoms with Crippen LogP contribution in [0.15, 0.2) is 46.4 Å². The third-order valence-electron chi connectivity index (χ3n) is 3.88. The van der Waals surface area contributed by atoms with Gasteiger partial charge in [0.1, 0.15) is 11.4 Å². The fourth-order valence-corrected chi connectivity index (χ4v) is 2.92. The second-order valence-corrected chi connectivity index (χ2v) is 6.76. The van der Waals surface area contributed by atoms with E-state index in [1.54, 1.807) is 13.2 Å². The maximum Gasteiger partial charge on any atom is 0.223 e. The molecule has 0 spiro atoms. The zero-order valence-electron chi connectivity index (χ0n) is 15.1. The third kappa shape index (κ3) is 3.63. The Morgan fingerprint density at radius 2 is 2.00 bits per heavy atom. The number of aliphatic imine (C=N–C) groups is 1. The molecule has 0 radical (unpaired) electrons. The first-order valence-electron chi connectivity index (χ1n) is 8.32. The Hall–Kier alpha value is -2.66. The quantitative estimate of drug-likeness (QED) is 0.851. The van der Waals surface area contributed by atoms with Crippen molar-refractivity contribution in [3.8, 4) is 5.75 Å². The van der Waals surface area contributed by atoms with Crippen molar-refractivity contribution in [3.05, 3.63) is 58.4 Å². The number of hydrogen-bond donors (Lipinski definition) is 1. The highest BCUT2D eigenvalue weighted by molar-refractivity contribution is 6.49. The molecule has 0 fully saturated rings. The Balaban J connectivity index is 2.06. The molecule has 0 unspecified atom stereocenters. The van der Waals surface area contributed by atoms with Gasteiger partial charge in [-0.1, -0.05) is 11.6 Å². The van der Waals surface area contributed by atoms with Crippen LogP contribution in [-0.2, 0) is 0 Å². The van der Waals surface area contributed by atoms with E-state index in [-0.39, 0.29) is 16.9 Å². The minimum absolute atomic E-state index is 0.111. The molecular weight excluding hydrogens is 350 g/mol. The van der Waals surface area contributed by atoms with Crippen molar-refractivity contribution in [3.63, 3.8) is 0 Å². The van der Waals surface area contributed by atoms with Crippen molar-refractivity contribution in [1.82, 2.24) is 4.98 Å². The van der Waals surface area contributed by atoms with Gasteiger partial charge in [0, 0.05) is 23.4 Å².